The van der Waals surface area contributed by atoms with Crippen molar-refractivity contribution in [2.24, 2.45) is 0 Å². The predicted molar refractivity (Wildman–Crippen MR) is 80.0 cm³/mol. The predicted octanol–water partition coefficient (Wildman–Crippen LogP) is 2.59. The Bertz CT molecular complexity index is 590. The fraction of sp³-hybridized carbons (Fsp3) is 0.231. The molecule has 1 atom stereocenters. The number of amides is 1. The van der Waals surface area contributed by atoms with Crippen LogP contribution in [0.5, 0.6) is 0 Å². The van der Waals surface area contributed by atoms with Gasteiger partial charge >= 0.3 is 0 Å². The van der Waals surface area contributed by atoms with Gasteiger partial charge in [-0.3, -0.25) is 9.48 Å². The van der Waals surface area contributed by atoms with E-state index < -0.39 is 0 Å². The van der Waals surface area contributed by atoms with E-state index in [1.807, 2.05) is 19.2 Å². The molecule has 3 N–H and O–H groups in total. The second-order valence-corrected chi connectivity index (χ2v) is 5.25. The molecular weight excluding hydrogens is 299 g/mol. The number of hydrogen-bond donors (Lipinski definition) is 2. The van der Waals surface area contributed by atoms with Crippen molar-refractivity contribution in [2.75, 3.05) is 5.73 Å². The average Bonchev–Trinajstić information content (AvgIpc) is 2.87. The lowest BCUT2D eigenvalue weighted by atomic mass is 10.1. The van der Waals surface area contributed by atoms with Gasteiger partial charge in [0, 0.05) is 24.0 Å². The molecule has 0 aliphatic carbocycles. The third-order valence-corrected chi connectivity index (χ3v) is 3.53. The maximum atomic E-state index is 12.1. The van der Waals surface area contributed by atoms with E-state index >= 15 is 0 Å². The number of anilines is 1. The molecule has 1 aromatic carbocycles. The molecule has 20 heavy (non-hydrogen) atoms. The molecule has 0 spiro atoms. The van der Waals surface area contributed by atoms with E-state index in [2.05, 4.69) is 10.4 Å². The number of hydrogen-bond acceptors (Lipinski definition) is 3. The summed E-state index contributed by atoms with van der Waals surface area (Å²) in [6.07, 6.45) is 3.52. The third-order valence-electron chi connectivity index (χ3n) is 2.72. The number of aromatic nitrogens is 2. The van der Waals surface area contributed by atoms with Crippen LogP contribution in [-0.4, -0.2) is 21.7 Å². The summed E-state index contributed by atoms with van der Waals surface area (Å²) in [5.41, 5.74) is 6.35. The first-order chi connectivity index (χ1) is 9.47. The molecule has 5 nitrogen and oxygen atoms in total. The summed E-state index contributed by atoms with van der Waals surface area (Å²) in [6.45, 7) is 2.47. The van der Waals surface area contributed by atoms with Crippen LogP contribution < -0.4 is 11.1 Å². The van der Waals surface area contributed by atoms with Crippen molar-refractivity contribution in [1.82, 2.24) is 15.1 Å². The lowest BCUT2D eigenvalue weighted by Gasteiger charge is -2.14. The number of carbonyl (C=O) groups excluding carboxylic acids is 1. The van der Waals surface area contributed by atoms with Gasteiger partial charge in [-0.25, -0.2) is 0 Å². The van der Waals surface area contributed by atoms with Crippen LogP contribution in [0.25, 0.3) is 0 Å². The molecule has 0 aliphatic heterocycles. The van der Waals surface area contributed by atoms with Crippen molar-refractivity contribution in [3.05, 3.63) is 46.2 Å². The van der Waals surface area contributed by atoms with Gasteiger partial charge in [-0.05, 0) is 25.1 Å². The third kappa shape index (κ3) is 3.43. The molecule has 1 amide bonds. The van der Waals surface area contributed by atoms with E-state index in [0.29, 0.717) is 12.1 Å². The van der Waals surface area contributed by atoms with Crippen molar-refractivity contribution >= 4 is 34.8 Å². The summed E-state index contributed by atoms with van der Waals surface area (Å²) in [5.74, 6) is -0.255. The minimum absolute atomic E-state index is 0.0851. The van der Waals surface area contributed by atoms with Crippen molar-refractivity contribution < 1.29 is 4.79 Å². The van der Waals surface area contributed by atoms with Crippen molar-refractivity contribution in [3.63, 3.8) is 0 Å². The quantitative estimate of drug-likeness (QED) is 0.852. The largest absolute Gasteiger partial charge is 0.397 e. The van der Waals surface area contributed by atoms with Gasteiger partial charge in [0.15, 0.2) is 0 Å². The van der Waals surface area contributed by atoms with Crippen LogP contribution in [0.15, 0.2) is 30.6 Å². The molecular formula is C13H14Cl2N4O. The highest BCUT2D eigenvalue weighted by molar-refractivity contribution is 6.43. The number of halogens is 2. The lowest BCUT2D eigenvalue weighted by Crippen LogP contribution is -2.35. The Balaban J connectivity index is 2.04. The number of rotatable bonds is 4. The van der Waals surface area contributed by atoms with Gasteiger partial charge in [0.05, 0.1) is 22.3 Å². The molecule has 2 aromatic rings. The van der Waals surface area contributed by atoms with Crippen LogP contribution in [0.1, 0.15) is 17.3 Å². The van der Waals surface area contributed by atoms with E-state index in [0.717, 1.165) is 0 Å². The number of nitrogens with zero attached hydrogens (tertiary/aromatic N) is 2. The zero-order chi connectivity index (χ0) is 14.7. The fourth-order valence-corrected chi connectivity index (χ4v) is 2.12. The van der Waals surface area contributed by atoms with E-state index in [1.165, 1.54) is 12.1 Å². The molecule has 0 aliphatic rings. The summed E-state index contributed by atoms with van der Waals surface area (Å²) in [5, 5.41) is 7.45. The lowest BCUT2D eigenvalue weighted by molar-refractivity contribution is 0.0936. The number of nitrogen functional groups attached to an aromatic ring is 1. The Morgan fingerprint density at radius 3 is 2.85 bits per heavy atom. The molecule has 0 saturated heterocycles. The van der Waals surface area contributed by atoms with Gasteiger partial charge in [0.25, 0.3) is 5.91 Å². The molecule has 0 saturated carbocycles. The topological polar surface area (TPSA) is 72.9 Å². The molecule has 0 radical (unpaired) electrons. The van der Waals surface area contributed by atoms with E-state index in [-0.39, 0.29) is 27.7 Å². The Morgan fingerprint density at radius 2 is 2.25 bits per heavy atom. The van der Waals surface area contributed by atoms with Crippen LogP contribution in [0.4, 0.5) is 5.69 Å². The van der Waals surface area contributed by atoms with Crippen LogP contribution in [0.3, 0.4) is 0 Å². The van der Waals surface area contributed by atoms with Gasteiger partial charge < -0.3 is 11.1 Å². The second-order valence-electron chi connectivity index (χ2n) is 4.46. The first kappa shape index (κ1) is 14.7. The van der Waals surface area contributed by atoms with Crippen LogP contribution in [0, 0.1) is 0 Å². The monoisotopic (exact) mass is 312 g/mol. The first-order valence-electron chi connectivity index (χ1n) is 6.00. The highest BCUT2D eigenvalue weighted by Gasteiger charge is 2.13. The Kier molecular flexibility index (Phi) is 4.52. The van der Waals surface area contributed by atoms with Gasteiger partial charge in [0.1, 0.15) is 0 Å². The number of nitrogens with one attached hydrogen (secondary N) is 1. The van der Waals surface area contributed by atoms with E-state index in [4.69, 9.17) is 28.9 Å². The average molecular weight is 313 g/mol. The molecule has 0 fully saturated rings. The molecule has 2 rings (SSSR count). The van der Waals surface area contributed by atoms with Gasteiger partial charge in [-0.2, -0.15) is 5.10 Å². The highest BCUT2D eigenvalue weighted by Crippen LogP contribution is 2.29. The summed E-state index contributed by atoms with van der Waals surface area (Å²) in [6, 6.07) is 4.74. The zero-order valence-electron chi connectivity index (χ0n) is 10.8. The standard InChI is InChI=1S/C13H14Cl2N4O/c1-8(7-19-4-2-3-17-19)18-13(20)9-5-10(14)12(15)11(16)6-9/h2-6,8H,7,16H2,1H3,(H,18,20). The molecule has 1 heterocycles. The number of benzene rings is 1. The minimum Gasteiger partial charge on any atom is -0.397 e. The molecule has 1 unspecified atom stereocenters. The molecule has 1 aromatic heterocycles. The summed E-state index contributed by atoms with van der Waals surface area (Å²) in [7, 11) is 0. The van der Waals surface area contributed by atoms with Gasteiger partial charge in [-0.15, -0.1) is 0 Å². The van der Waals surface area contributed by atoms with Gasteiger partial charge in [0.2, 0.25) is 0 Å². The summed E-state index contributed by atoms with van der Waals surface area (Å²) >= 11 is 11.8. The molecule has 106 valence electrons. The van der Waals surface area contributed by atoms with Crippen LogP contribution in [0.2, 0.25) is 10.0 Å². The molecule has 0 bridgehead atoms. The minimum atomic E-state index is -0.255. The van der Waals surface area contributed by atoms with Crippen molar-refractivity contribution in [2.45, 2.75) is 19.5 Å². The Morgan fingerprint density at radius 1 is 1.50 bits per heavy atom. The highest BCUT2D eigenvalue weighted by atomic mass is 35.5. The zero-order valence-corrected chi connectivity index (χ0v) is 12.3. The van der Waals surface area contributed by atoms with Gasteiger partial charge in [-0.1, -0.05) is 23.2 Å². The SMILES string of the molecule is CC(Cn1cccn1)NC(=O)c1cc(N)c(Cl)c(Cl)c1. The van der Waals surface area contributed by atoms with Crippen molar-refractivity contribution in [3.8, 4) is 0 Å². The molecule has 7 heteroatoms. The summed E-state index contributed by atoms with van der Waals surface area (Å²) in [4.78, 5) is 12.1. The maximum Gasteiger partial charge on any atom is 0.251 e. The van der Waals surface area contributed by atoms with Crippen LogP contribution in [-0.2, 0) is 6.54 Å². The smallest absolute Gasteiger partial charge is 0.251 e. The maximum absolute atomic E-state index is 12.1. The van der Waals surface area contributed by atoms with Crippen molar-refractivity contribution in [1.29, 1.82) is 0 Å². The Labute approximate surface area is 126 Å². The van der Waals surface area contributed by atoms with Crippen LogP contribution >= 0.6 is 23.2 Å². The number of carbonyl (C=O) groups is 1. The normalized spacial score (nSPS) is 12.2. The first-order valence-corrected chi connectivity index (χ1v) is 6.75. The van der Waals surface area contributed by atoms with E-state index in [9.17, 15) is 4.79 Å². The number of nitrogens with two attached hydrogens (primary N) is 1. The summed E-state index contributed by atoms with van der Waals surface area (Å²) < 4.78 is 1.74. The van der Waals surface area contributed by atoms with E-state index in [1.54, 1.807) is 10.9 Å². The second kappa shape index (κ2) is 6.15. The fourth-order valence-electron chi connectivity index (χ4n) is 1.78. The Hall–Kier alpha value is -1.72.